The van der Waals surface area contributed by atoms with E-state index in [1.54, 1.807) is 7.11 Å². The Balaban J connectivity index is 0.00000300. The lowest BCUT2D eigenvalue weighted by atomic mass is 10.2. The molecule has 0 aromatic heterocycles. The molecule has 29 heavy (non-hydrogen) atoms. The van der Waals surface area contributed by atoms with E-state index in [4.69, 9.17) is 9.73 Å². The van der Waals surface area contributed by atoms with Crippen molar-refractivity contribution in [3.8, 4) is 5.75 Å². The van der Waals surface area contributed by atoms with E-state index >= 15 is 0 Å². The normalized spacial score (nSPS) is 17.9. The van der Waals surface area contributed by atoms with Crippen molar-refractivity contribution < 1.29 is 4.74 Å². The van der Waals surface area contributed by atoms with Gasteiger partial charge in [0.2, 0.25) is 0 Å². The summed E-state index contributed by atoms with van der Waals surface area (Å²) in [5, 5.41) is 3.48. The fourth-order valence-corrected chi connectivity index (χ4v) is 4.05. The molecule has 0 amide bonds. The number of likely N-dealkylation sites (tertiary alicyclic amines) is 1. The smallest absolute Gasteiger partial charge is 0.194 e. The van der Waals surface area contributed by atoms with Crippen molar-refractivity contribution >= 4 is 35.6 Å². The standard InChI is InChI=1S/C22H37N5O.HI/c1-3-23-22(24-11-4-5-12-25-13-6-7-14-25)27-17-15-26(16-18-27)20-9-8-10-21(19-20)28-2;/h8-10,19H,3-7,11-18H2,1-2H3,(H,23,24);1H. The van der Waals surface area contributed by atoms with Gasteiger partial charge in [0, 0.05) is 51.0 Å². The SMILES string of the molecule is CCNC(=NCCCCN1CCCC1)N1CCN(c2cccc(OC)c2)CC1.I. The molecule has 1 aromatic rings. The van der Waals surface area contributed by atoms with Crippen LogP contribution in [-0.4, -0.2) is 81.8 Å². The summed E-state index contributed by atoms with van der Waals surface area (Å²) >= 11 is 0. The molecule has 0 saturated carbocycles. The van der Waals surface area contributed by atoms with E-state index in [2.05, 4.69) is 45.1 Å². The molecule has 2 fully saturated rings. The zero-order valence-electron chi connectivity index (χ0n) is 18.1. The Labute approximate surface area is 193 Å². The number of unbranched alkanes of at least 4 members (excludes halogenated alkanes) is 1. The second kappa shape index (κ2) is 13.2. The van der Waals surface area contributed by atoms with E-state index in [1.165, 1.54) is 51.0 Å². The Bertz CT molecular complexity index is 613. The first-order chi connectivity index (χ1) is 13.8. The Hall–Kier alpha value is -1.22. The number of aliphatic imine (C=N–C) groups is 1. The highest BCUT2D eigenvalue weighted by Crippen LogP contribution is 2.22. The van der Waals surface area contributed by atoms with Crippen molar-refractivity contribution in [2.45, 2.75) is 32.6 Å². The van der Waals surface area contributed by atoms with Gasteiger partial charge in [-0.3, -0.25) is 4.99 Å². The number of anilines is 1. The third-order valence-electron chi connectivity index (χ3n) is 5.68. The number of nitrogens with zero attached hydrogens (tertiary/aromatic N) is 4. The number of nitrogens with one attached hydrogen (secondary N) is 1. The molecule has 0 radical (unpaired) electrons. The van der Waals surface area contributed by atoms with Crippen LogP contribution in [0.2, 0.25) is 0 Å². The molecule has 164 valence electrons. The summed E-state index contributed by atoms with van der Waals surface area (Å²) in [4.78, 5) is 12.3. The number of ether oxygens (including phenoxy) is 1. The minimum absolute atomic E-state index is 0. The van der Waals surface area contributed by atoms with Crippen LogP contribution in [0.1, 0.15) is 32.6 Å². The second-order valence-electron chi connectivity index (χ2n) is 7.67. The van der Waals surface area contributed by atoms with Crippen LogP contribution in [-0.2, 0) is 0 Å². The van der Waals surface area contributed by atoms with Gasteiger partial charge < -0.3 is 24.8 Å². The lowest BCUT2D eigenvalue weighted by Gasteiger charge is -2.37. The number of guanidine groups is 1. The largest absolute Gasteiger partial charge is 0.497 e. The predicted molar refractivity (Wildman–Crippen MR) is 133 cm³/mol. The van der Waals surface area contributed by atoms with Crippen molar-refractivity contribution in [3.05, 3.63) is 24.3 Å². The van der Waals surface area contributed by atoms with E-state index in [9.17, 15) is 0 Å². The molecule has 0 bridgehead atoms. The number of benzene rings is 1. The van der Waals surface area contributed by atoms with Gasteiger partial charge in [-0.25, -0.2) is 0 Å². The van der Waals surface area contributed by atoms with Crippen LogP contribution >= 0.6 is 24.0 Å². The number of halogens is 1. The van der Waals surface area contributed by atoms with E-state index in [0.29, 0.717) is 0 Å². The Morgan fingerprint density at radius 2 is 1.83 bits per heavy atom. The van der Waals surface area contributed by atoms with Crippen LogP contribution in [0, 0.1) is 0 Å². The van der Waals surface area contributed by atoms with Crippen molar-refractivity contribution in [2.24, 2.45) is 4.99 Å². The van der Waals surface area contributed by atoms with Crippen LogP contribution in [0.3, 0.4) is 0 Å². The molecule has 2 aliphatic heterocycles. The third-order valence-corrected chi connectivity index (χ3v) is 5.68. The summed E-state index contributed by atoms with van der Waals surface area (Å²) in [6.45, 7) is 11.8. The van der Waals surface area contributed by atoms with E-state index in [0.717, 1.165) is 51.0 Å². The lowest BCUT2D eigenvalue weighted by molar-refractivity contribution is 0.330. The number of rotatable bonds is 8. The molecule has 2 heterocycles. The maximum Gasteiger partial charge on any atom is 0.194 e. The maximum atomic E-state index is 5.36. The maximum absolute atomic E-state index is 5.36. The van der Waals surface area contributed by atoms with Gasteiger partial charge >= 0.3 is 0 Å². The van der Waals surface area contributed by atoms with Crippen molar-refractivity contribution in [3.63, 3.8) is 0 Å². The third kappa shape index (κ3) is 7.51. The summed E-state index contributed by atoms with van der Waals surface area (Å²) < 4.78 is 5.36. The second-order valence-corrected chi connectivity index (χ2v) is 7.67. The molecular weight excluding hydrogens is 477 g/mol. The molecule has 0 unspecified atom stereocenters. The summed E-state index contributed by atoms with van der Waals surface area (Å²) in [7, 11) is 1.72. The van der Waals surface area contributed by atoms with Gasteiger partial charge in [0.15, 0.2) is 5.96 Å². The molecule has 1 aromatic carbocycles. The number of piperazine rings is 1. The van der Waals surface area contributed by atoms with Gasteiger partial charge in [-0.1, -0.05) is 6.07 Å². The zero-order chi connectivity index (χ0) is 19.6. The Kier molecular flexibility index (Phi) is 10.9. The van der Waals surface area contributed by atoms with E-state index < -0.39 is 0 Å². The number of hydrogen-bond donors (Lipinski definition) is 1. The summed E-state index contributed by atoms with van der Waals surface area (Å²) in [6.07, 6.45) is 5.19. The molecule has 6 nitrogen and oxygen atoms in total. The quantitative estimate of drug-likeness (QED) is 0.249. The monoisotopic (exact) mass is 515 g/mol. The molecule has 0 atom stereocenters. The highest BCUT2D eigenvalue weighted by molar-refractivity contribution is 14.0. The molecule has 3 rings (SSSR count). The molecular formula is C22H38IN5O. The number of hydrogen-bond acceptors (Lipinski definition) is 4. The first-order valence-corrected chi connectivity index (χ1v) is 10.9. The minimum Gasteiger partial charge on any atom is -0.497 e. The van der Waals surface area contributed by atoms with E-state index in [1.807, 2.05) is 6.07 Å². The van der Waals surface area contributed by atoms with Crippen molar-refractivity contribution in [2.75, 3.05) is 70.9 Å². The van der Waals surface area contributed by atoms with Crippen LogP contribution in [0.4, 0.5) is 5.69 Å². The molecule has 7 heteroatoms. The molecule has 0 spiro atoms. The topological polar surface area (TPSA) is 43.3 Å². The highest BCUT2D eigenvalue weighted by Gasteiger charge is 2.20. The van der Waals surface area contributed by atoms with Gasteiger partial charge in [0.1, 0.15) is 5.75 Å². The molecule has 2 aliphatic rings. The fourth-order valence-electron chi connectivity index (χ4n) is 4.05. The first-order valence-electron chi connectivity index (χ1n) is 10.9. The minimum atomic E-state index is 0. The highest BCUT2D eigenvalue weighted by atomic mass is 127. The average Bonchev–Trinajstić information content (AvgIpc) is 3.26. The first kappa shape index (κ1) is 24.1. The van der Waals surface area contributed by atoms with Gasteiger partial charge in [-0.15, -0.1) is 24.0 Å². The molecule has 1 N–H and O–H groups in total. The summed E-state index contributed by atoms with van der Waals surface area (Å²) in [6, 6.07) is 8.35. The Morgan fingerprint density at radius 3 is 2.52 bits per heavy atom. The van der Waals surface area contributed by atoms with Crippen LogP contribution in [0.5, 0.6) is 5.75 Å². The predicted octanol–water partition coefficient (Wildman–Crippen LogP) is 3.28. The number of methoxy groups -OCH3 is 1. The van der Waals surface area contributed by atoms with Crippen molar-refractivity contribution in [1.29, 1.82) is 0 Å². The van der Waals surface area contributed by atoms with Gasteiger partial charge in [0.05, 0.1) is 7.11 Å². The lowest BCUT2D eigenvalue weighted by Crippen LogP contribution is -2.52. The fraction of sp³-hybridized carbons (Fsp3) is 0.682. The molecule has 0 aliphatic carbocycles. The Morgan fingerprint density at radius 1 is 1.07 bits per heavy atom. The van der Waals surface area contributed by atoms with Crippen molar-refractivity contribution in [1.82, 2.24) is 15.1 Å². The van der Waals surface area contributed by atoms with Gasteiger partial charge in [0.25, 0.3) is 0 Å². The van der Waals surface area contributed by atoms with Gasteiger partial charge in [-0.05, 0) is 64.4 Å². The zero-order valence-corrected chi connectivity index (χ0v) is 20.4. The van der Waals surface area contributed by atoms with Crippen LogP contribution in [0.15, 0.2) is 29.3 Å². The summed E-state index contributed by atoms with van der Waals surface area (Å²) in [5.74, 6) is 2.00. The average molecular weight is 515 g/mol. The van der Waals surface area contributed by atoms with Crippen LogP contribution in [0.25, 0.3) is 0 Å². The molecule has 2 saturated heterocycles. The van der Waals surface area contributed by atoms with Gasteiger partial charge in [-0.2, -0.15) is 0 Å². The summed E-state index contributed by atoms with van der Waals surface area (Å²) in [5.41, 5.74) is 1.24. The van der Waals surface area contributed by atoms with E-state index in [-0.39, 0.29) is 24.0 Å². The van der Waals surface area contributed by atoms with Crippen LogP contribution < -0.4 is 15.0 Å².